The van der Waals surface area contributed by atoms with Crippen LogP contribution in [0.1, 0.15) is 44.1 Å². The third kappa shape index (κ3) is 3.38. The van der Waals surface area contributed by atoms with Gasteiger partial charge in [0.2, 0.25) is 0 Å². The van der Waals surface area contributed by atoms with Crippen molar-refractivity contribution < 1.29 is 14.3 Å². The Hall–Kier alpha value is -2.10. The molecule has 0 saturated heterocycles. The summed E-state index contributed by atoms with van der Waals surface area (Å²) in [6.45, 7) is 0. The lowest BCUT2D eigenvalue weighted by Crippen LogP contribution is -2.30. The molecule has 116 valence electrons. The van der Waals surface area contributed by atoms with Gasteiger partial charge in [0.05, 0.1) is 0 Å². The highest BCUT2D eigenvalue weighted by Gasteiger charge is 2.25. The zero-order valence-corrected chi connectivity index (χ0v) is 12.6. The van der Waals surface area contributed by atoms with Crippen molar-refractivity contribution in [2.45, 2.75) is 51.0 Å². The van der Waals surface area contributed by atoms with Crippen LogP contribution in [0.2, 0.25) is 0 Å². The number of aryl methyl sites for hydroxylation is 1. The minimum Gasteiger partial charge on any atom is -0.454 e. The first-order valence-electron chi connectivity index (χ1n) is 8.01. The van der Waals surface area contributed by atoms with Gasteiger partial charge in [0, 0.05) is 29.9 Å². The number of aromatic amines is 1. The lowest BCUT2D eigenvalue weighted by molar-refractivity contribution is -0.156. The third-order valence-electron chi connectivity index (χ3n) is 4.27. The second-order valence-electron chi connectivity index (χ2n) is 5.90. The van der Waals surface area contributed by atoms with Gasteiger partial charge in [0.25, 0.3) is 0 Å². The van der Waals surface area contributed by atoms with E-state index in [2.05, 4.69) is 11.1 Å². The van der Waals surface area contributed by atoms with Gasteiger partial charge in [-0.1, -0.05) is 18.2 Å². The first kappa shape index (κ1) is 14.8. The highest BCUT2D eigenvalue weighted by molar-refractivity contribution is 5.86. The van der Waals surface area contributed by atoms with Crippen LogP contribution in [0.4, 0.5) is 0 Å². The van der Waals surface area contributed by atoms with Gasteiger partial charge in [-0.15, -0.1) is 0 Å². The van der Waals surface area contributed by atoms with Crippen molar-refractivity contribution in [3.05, 3.63) is 36.0 Å². The molecule has 22 heavy (non-hydrogen) atoms. The number of carbonyl (C=O) groups is 2. The van der Waals surface area contributed by atoms with Crippen LogP contribution in [0.5, 0.6) is 0 Å². The second kappa shape index (κ2) is 6.77. The summed E-state index contributed by atoms with van der Waals surface area (Å²) >= 11 is 0. The molecule has 1 aromatic carbocycles. The number of Topliss-reactive ketones (excluding diaryl/α,β-unsaturated/α-hetero) is 1. The molecule has 0 aliphatic heterocycles. The number of ketones is 1. The number of H-pyrrole nitrogens is 1. The van der Waals surface area contributed by atoms with Crippen molar-refractivity contribution >= 4 is 22.7 Å². The maximum atomic E-state index is 11.9. The van der Waals surface area contributed by atoms with Crippen LogP contribution in [-0.2, 0) is 20.7 Å². The van der Waals surface area contributed by atoms with Gasteiger partial charge in [-0.25, -0.2) is 0 Å². The summed E-state index contributed by atoms with van der Waals surface area (Å²) in [5.74, 6) is -0.170. The van der Waals surface area contributed by atoms with Crippen LogP contribution in [-0.4, -0.2) is 22.8 Å². The minimum absolute atomic E-state index is 0.0798. The lowest BCUT2D eigenvalue weighted by atomic mass is 9.96. The molecule has 4 nitrogen and oxygen atoms in total. The van der Waals surface area contributed by atoms with Gasteiger partial charge in [-0.2, -0.15) is 0 Å². The molecule has 0 radical (unpaired) electrons. The van der Waals surface area contributed by atoms with Crippen molar-refractivity contribution in [1.82, 2.24) is 4.98 Å². The molecule has 0 amide bonds. The van der Waals surface area contributed by atoms with E-state index in [4.69, 9.17) is 4.74 Å². The molecule has 1 aliphatic carbocycles. The van der Waals surface area contributed by atoms with Crippen LogP contribution < -0.4 is 0 Å². The predicted molar refractivity (Wildman–Crippen MR) is 84.6 cm³/mol. The largest absolute Gasteiger partial charge is 0.454 e. The Kier molecular flexibility index (Phi) is 4.56. The molecule has 1 N–H and O–H groups in total. The third-order valence-corrected chi connectivity index (χ3v) is 4.27. The molecule has 1 aromatic heterocycles. The topological polar surface area (TPSA) is 59.2 Å². The van der Waals surface area contributed by atoms with E-state index in [1.165, 1.54) is 10.9 Å². The van der Waals surface area contributed by atoms with Crippen molar-refractivity contribution in [3.8, 4) is 0 Å². The molecule has 1 aliphatic rings. The van der Waals surface area contributed by atoms with E-state index >= 15 is 0 Å². The highest BCUT2D eigenvalue weighted by atomic mass is 16.5. The summed E-state index contributed by atoms with van der Waals surface area (Å²) in [6, 6.07) is 8.14. The number of benzene rings is 1. The molecule has 0 spiro atoms. The van der Waals surface area contributed by atoms with Gasteiger partial charge in [0.15, 0.2) is 11.9 Å². The Bertz CT molecular complexity index is 674. The summed E-state index contributed by atoms with van der Waals surface area (Å²) in [4.78, 5) is 26.8. The Morgan fingerprint density at radius 3 is 3.00 bits per heavy atom. The maximum Gasteiger partial charge on any atom is 0.306 e. The molecular weight excluding hydrogens is 278 g/mol. The summed E-state index contributed by atoms with van der Waals surface area (Å²) < 4.78 is 5.31. The maximum absolute atomic E-state index is 11.9. The standard InChI is InChI=1S/C18H21NO3/c20-16-9-3-4-10-17(16)22-18(21)11-5-6-13-12-19-15-8-2-1-7-14(13)15/h1-2,7-8,12,17,19H,3-6,9-11H2/t17-/m1/s1. The first-order chi connectivity index (χ1) is 10.7. The van der Waals surface area contributed by atoms with Crippen LogP contribution in [0.3, 0.4) is 0 Å². The van der Waals surface area contributed by atoms with Gasteiger partial charge in [0.1, 0.15) is 0 Å². The monoisotopic (exact) mass is 299 g/mol. The van der Waals surface area contributed by atoms with Gasteiger partial charge < -0.3 is 9.72 Å². The Balaban J connectivity index is 1.48. The highest BCUT2D eigenvalue weighted by Crippen LogP contribution is 2.21. The van der Waals surface area contributed by atoms with Crippen LogP contribution in [0, 0.1) is 0 Å². The Morgan fingerprint density at radius 1 is 1.27 bits per heavy atom. The van der Waals surface area contributed by atoms with E-state index in [1.54, 1.807) is 0 Å². The molecule has 0 bridgehead atoms. The molecule has 0 unspecified atom stereocenters. The number of hydrogen-bond donors (Lipinski definition) is 1. The van der Waals surface area contributed by atoms with E-state index in [0.29, 0.717) is 19.3 Å². The van der Waals surface area contributed by atoms with Crippen LogP contribution in [0.15, 0.2) is 30.5 Å². The van der Waals surface area contributed by atoms with E-state index < -0.39 is 6.10 Å². The van der Waals surface area contributed by atoms with Crippen molar-refractivity contribution in [2.75, 3.05) is 0 Å². The fraction of sp³-hybridized carbons (Fsp3) is 0.444. The first-order valence-corrected chi connectivity index (χ1v) is 8.01. The molecule has 2 aromatic rings. The van der Waals surface area contributed by atoms with Crippen molar-refractivity contribution in [1.29, 1.82) is 0 Å². The number of carbonyl (C=O) groups excluding carboxylic acids is 2. The number of aromatic nitrogens is 1. The van der Waals surface area contributed by atoms with Gasteiger partial charge in [-0.05, 0) is 43.7 Å². The fourth-order valence-electron chi connectivity index (χ4n) is 3.05. The van der Waals surface area contributed by atoms with E-state index in [-0.39, 0.29) is 11.8 Å². The molecule has 1 atom stereocenters. The average molecular weight is 299 g/mol. The summed E-state index contributed by atoms with van der Waals surface area (Å²) in [5, 5.41) is 1.21. The second-order valence-corrected chi connectivity index (χ2v) is 5.90. The number of hydrogen-bond acceptors (Lipinski definition) is 3. The van der Waals surface area contributed by atoms with Gasteiger partial charge >= 0.3 is 5.97 Å². The van der Waals surface area contributed by atoms with Crippen molar-refractivity contribution in [3.63, 3.8) is 0 Å². The SMILES string of the molecule is O=C(CCCc1c[nH]c2ccccc12)O[C@@H]1CCCCC1=O. The summed E-state index contributed by atoms with van der Waals surface area (Å²) in [6.07, 6.45) is 6.57. The number of fused-ring (bicyclic) bond motifs is 1. The number of nitrogens with one attached hydrogen (secondary N) is 1. The molecular formula is C18H21NO3. The molecule has 3 rings (SSSR count). The number of esters is 1. The van der Waals surface area contributed by atoms with Crippen LogP contribution in [0.25, 0.3) is 10.9 Å². The van der Waals surface area contributed by atoms with Crippen molar-refractivity contribution in [2.24, 2.45) is 0 Å². The fourth-order valence-corrected chi connectivity index (χ4v) is 3.05. The Morgan fingerprint density at radius 2 is 2.14 bits per heavy atom. The van der Waals surface area contributed by atoms with Crippen LogP contribution >= 0.6 is 0 Å². The zero-order valence-electron chi connectivity index (χ0n) is 12.6. The number of rotatable bonds is 5. The predicted octanol–water partition coefficient (Wildman–Crippen LogP) is 3.55. The minimum atomic E-state index is -0.491. The Labute approximate surface area is 129 Å². The van der Waals surface area contributed by atoms with Gasteiger partial charge in [-0.3, -0.25) is 9.59 Å². The molecule has 1 fully saturated rings. The quantitative estimate of drug-likeness (QED) is 0.859. The summed E-state index contributed by atoms with van der Waals surface area (Å²) in [7, 11) is 0. The zero-order chi connectivity index (χ0) is 15.4. The van der Waals surface area contributed by atoms with E-state index in [0.717, 1.165) is 31.2 Å². The summed E-state index contributed by atoms with van der Waals surface area (Å²) in [5.41, 5.74) is 2.34. The number of ether oxygens (including phenoxy) is 1. The number of para-hydroxylation sites is 1. The molecule has 1 saturated carbocycles. The normalized spacial score (nSPS) is 18.5. The van der Waals surface area contributed by atoms with E-state index in [1.807, 2.05) is 24.4 Å². The van der Waals surface area contributed by atoms with E-state index in [9.17, 15) is 9.59 Å². The average Bonchev–Trinajstić information content (AvgIpc) is 2.93. The smallest absolute Gasteiger partial charge is 0.306 e. The lowest BCUT2D eigenvalue weighted by Gasteiger charge is -2.20. The molecule has 1 heterocycles. The molecule has 4 heteroatoms.